The Morgan fingerprint density at radius 1 is 0.967 bits per heavy atom. The van der Waals surface area contributed by atoms with Crippen LogP contribution in [0.15, 0.2) is 42.5 Å². The van der Waals surface area contributed by atoms with Crippen LogP contribution in [-0.2, 0) is 17.9 Å². The van der Waals surface area contributed by atoms with Crippen LogP contribution >= 0.6 is 11.6 Å². The number of ether oxygens (including phenoxy) is 3. The second kappa shape index (κ2) is 14.7. The van der Waals surface area contributed by atoms with Crippen LogP contribution in [0.3, 0.4) is 0 Å². The zero-order chi connectivity index (χ0) is 19.6. The van der Waals surface area contributed by atoms with E-state index in [9.17, 15) is 0 Å². The summed E-state index contributed by atoms with van der Waals surface area (Å²) in [5, 5.41) is 4.24. The number of halogens is 3. The summed E-state index contributed by atoms with van der Waals surface area (Å²) in [5.74, 6) is 1.54. The first-order valence-electron chi connectivity index (χ1n) is 9.88. The summed E-state index contributed by atoms with van der Waals surface area (Å²) in [4.78, 5) is 2.43. The van der Waals surface area contributed by atoms with Crippen LogP contribution in [0, 0.1) is 0 Å². The molecular weight excluding hydrogens is 447 g/mol. The molecule has 3 rings (SSSR count). The molecule has 1 saturated heterocycles. The highest BCUT2D eigenvalue weighted by molar-refractivity contribution is 6.30. The number of nitrogens with zero attached hydrogens (tertiary/aromatic N) is 1. The van der Waals surface area contributed by atoms with E-state index in [1.165, 1.54) is 5.56 Å². The maximum Gasteiger partial charge on any atom is 0.161 e. The van der Waals surface area contributed by atoms with Crippen molar-refractivity contribution in [3.8, 4) is 11.5 Å². The topological polar surface area (TPSA) is 43.0 Å². The predicted octanol–water partition coefficient (Wildman–Crippen LogP) is -2.25. The van der Waals surface area contributed by atoms with Crippen LogP contribution in [0.4, 0.5) is 0 Å². The van der Waals surface area contributed by atoms with Gasteiger partial charge in [0, 0.05) is 37.7 Å². The summed E-state index contributed by atoms with van der Waals surface area (Å²) in [6.07, 6.45) is 0. The van der Waals surface area contributed by atoms with Gasteiger partial charge in [0.05, 0.1) is 19.8 Å². The van der Waals surface area contributed by atoms with Crippen LogP contribution < -0.4 is 39.6 Å². The zero-order valence-electron chi connectivity index (χ0n) is 17.2. The summed E-state index contributed by atoms with van der Waals surface area (Å²) >= 11 is 5.93. The second-order valence-electron chi connectivity index (χ2n) is 6.76. The standard InChI is InChI=1S/C22H29ClN2O3.2ClH/c1-2-27-22-15-19(16-24-9-10-25-11-13-26-14-12-25)5-8-21(22)28-17-18-3-6-20(23)7-4-18;;/h3-8,15,24H,2,9-14,16-17H2,1H3;2*1H/p-2. The molecule has 2 aromatic rings. The third-order valence-corrected chi connectivity index (χ3v) is 4.91. The molecule has 30 heavy (non-hydrogen) atoms. The fourth-order valence-corrected chi connectivity index (χ4v) is 3.21. The van der Waals surface area contributed by atoms with E-state index in [2.05, 4.69) is 22.3 Å². The molecule has 1 heterocycles. The highest BCUT2D eigenvalue weighted by atomic mass is 35.5. The van der Waals surface area contributed by atoms with Crippen molar-refractivity contribution in [2.75, 3.05) is 46.0 Å². The molecule has 0 unspecified atom stereocenters. The molecule has 0 aromatic heterocycles. The minimum Gasteiger partial charge on any atom is -1.00 e. The molecule has 1 aliphatic rings. The van der Waals surface area contributed by atoms with Crippen LogP contribution in [0.5, 0.6) is 11.5 Å². The summed E-state index contributed by atoms with van der Waals surface area (Å²) in [6, 6.07) is 13.8. The molecule has 0 saturated carbocycles. The maximum absolute atomic E-state index is 5.97. The van der Waals surface area contributed by atoms with E-state index in [0.29, 0.717) is 13.2 Å². The lowest BCUT2D eigenvalue weighted by atomic mass is 10.2. The monoisotopic (exact) mass is 474 g/mol. The Hall–Kier alpha value is -1.21. The highest BCUT2D eigenvalue weighted by Crippen LogP contribution is 2.29. The fourth-order valence-electron chi connectivity index (χ4n) is 3.09. The molecule has 0 aliphatic carbocycles. The molecule has 1 fully saturated rings. The van der Waals surface area contributed by atoms with Crippen molar-refractivity contribution < 1.29 is 39.0 Å². The van der Waals surface area contributed by atoms with Crippen molar-refractivity contribution >= 4 is 11.6 Å². The Morgan fingerprint density at radius 2 is 1.67 bits per heavy atom. The van der Waals surface area contributed by atoms with Gasteiger partial charge in [-0.05, 0) is 42.3 Å². The Bertz CT molecular complexity index is 726. The van der Waals surface area contributed by atoms with Gasteiger partial charge in [-0.25, -0.2) is 0 Å². The molecule has 8 heteroatoms. The van der Waals surface area contributed by atoms with Gasteiger partial charge in [0.2, 0.25) is 0 Å². The number of hydrogen-bond donors (Lipinski definition) is 1. The van der Waals surface area contributed by atoms with Gasteiger partial charge in [-0.2, -0.15) is 0 Å². The predicted molar refractivity (Wildman–Crippen MR) is 112 cm³/mol. The van der Waals surface area contributed by atoms with Crippen LogP contribution in [-0.4, -0.2) is 50.9 Å². The number of rotatable bonds is 10. The van der Waals surface area contributed by atoms with Crippen molar-refractivity contribution in [1.82, 2.24) is 10.2 Å². The Morgan fingerprint density at radius 3 is 2.37 bits per heavy atom. The van der Waals surface area contributed by atoms with E-state index >= 15 is 0 Å². The maximum atomic E-state index is 5.97. The van der Waals surface area contributed by atoms with Gasteiger partial charge in [0.1, 0.15) is 6.61 Å². The Balaban J connectivity index is 0.00000225. The molecule has 5 nitrogen and oxygen atoms in total. The van der Waals surface area contributed by atoms with E-state index in [-0.39, 0.29) is 24.8 Å². The average molecular weight is 476 g/mol. The van der Waals surface area contributed by atoms with E-state index < -0.39 is 0 Å². The van der Waals surface area contributed by atoms with Crippen molar-refractivity contribution in [1.29, 1.82) is 0 Å². The lowest BCUT2D eigenvalue weighted by Crippen LogP contribution is -3.00. The number of hydrogen-bond acceptors (Lipinski definition) is 5. The van der Waals surface area contributed by atoms with Crippen LogP contribution in [0.1, 0.15) is 18.1 Å². The van der Waals surface area contributed by atoms with Gasteiger partial charge in [0.15, 0.2) is 11.5 Å². The van der Waals surface area contributed by atoms with Crippen molar-refractivity contribution in [2.45, 2.75) is 20.1 Å². The SMILES string of the molecule is CCOc1cc(CNCCN2CCOCC2)ccc1OCc1ccc(Cl)cc1.[Cl-].[Cl-]. The van der Waals surface area contributed by atoms with Crippen molar-refractivity contribution in [2.24, 2.45) is 0 Å². The molecule has 0 atom stereocenters. The molecule has 1 N–H and O–H groups in total. The quantitative estimate of drug-likeness (QED) is 0.393. The van der Waals surface area contributed by atoms with Gasteiger partial charge >= 0.3 is 0 Å². The lowest BCUT2D eigenvalue weighted by Gasteiger charge is -2.26. The van der Waals surface area contributed by atoms with E-state index in [1.54, 1.807) is 0 Å². The van der Waals surface area contributed by atoms with E-state index in [1.807, 2.05) is 37.3 Å². The average Bonchev–Trinajstić information content (AvgIpc) is 2.73. The molecule has 0 spiro atoms. The third kappa shape index (κ3) is 8.88. The second-order valence-corrected chi connectivity index (χ2v) is 7.20. The summed E-state index contributed by atoms with van der Waals surface area (Å²) in [7, 11) is 0. The van der Waals surface area contributed by atoms with Crippen LogP contribution in [0.25, 0.3) is 0 Å². The summed E-state index contributed by atoms with van der Waals surface area (Å²) < 4.78 is 17.1. The summed E-state index contributed by atoms with van der Waals surface area (Å²) in [5.41, 5.74) is 2.25. The first kappa shape index (κ1) is 26.8. The van der Waals surface area contributed by atoms with Gasteiger partial charge in [-0.1, -0.05) is 29.8 Å². The Kier molecular flexibility index (Phi) is 13.2. The van der Waals surface area contributed by atoms with Crippen LogP contribution in [0.2, 0.25) is 5.02 Å². The molecular formula is C22H29Cl3N2O3-2. The number of benzene rings is 2. The molecule has 0 bridgehead atoms. The largest absolute Gasteiger partial charge is 1.00 e. The minimum absolute atomic E-state index is 0. The molecule has 168 valence electrons. The van der Waals surface area contributed by atoms with Gasteiger partial charge in [-0.3, -0.25) is 4.90 Å². The normalized spacial score (nSPS) is 13.8. The highest BCUT2D eigenvalue weighted by Gasteiger charge is 2.10. The lowest BCUT2D eigenvalue weighted by molar-refractivity contribution is -0.00100. The van der Waals surface area contributed by atoms with Crippen molar-refractivity contribution in [3.63, 3.8) is 0 Å². The smallest absolute Gasteiger partial charge is 0.161 e. The van der Waals surface area contributed by atoms with Gasteiger partial charge in [-0.15, -0.1) is 0 Å². The summed E-state index contributed by atoms with van der Waals surface area (Å²) in [6.45, 7) is 9.61. The van der Waals surface area contributed by atoms with E-state index in [4.69, 9.17) is 25.8 Å². The Labute approximate surface area is 196 Å². The minimum atomic E-state index is 0. The molecule has 2 aromatic carbocycles. The number of morpholine rings is 1. The molecule has 0 amide bonds. The molecule has 0 radical (unpaired) electrons. The zero-order valence-corrected chi connectivity index (χ0v) is 19.5. The van der Waals surface area contributed by atoms with E-state index in [0.717, 1.165) is 68.0 Å². The first-order valence-corrected chi connectivity index (χ1v) is 10.3. The van der Waals surface area contributed by atoms with Gasteiger partial charge in [0.25, 0.3) is 0 Å². The fraction of sp³-hybridized carbons (Fsp3) is 0.455. The molecule has 1 aliphatic heterocycles. The number of nitrogens with one attached hydrogen (secondary N) is 1. The van der Waals surface area contributed by atoms with Crippen molar-refractivity contribution in [3.05, 3.63) is 58.6 Å². The third-order valence-electron chi connectivity index (χ3n) is 4.65. The first-order chi connectivity index (χ1) is 13.7. The van der Waals surface area contributed by atoms with Gasteiger partial charge < -0.3 is 44.3 Å².